The molecule has 4 nitrogen and oxygen atoms in total. The van der Waals surface area contributed by atoms with Crippen molar-refractivity contribution in [2.45, 2.75) is 0 Å². The molecule has 0 fully saturated rings. The third kappa shape index (κ3) is 2.21. The Hall–Kier alpha value is -1.07. The second-order valence-corrected chi connectivity index (χ2v) is 2.20. The minimum atomic E-state index is -1.40. The third-order valence-electron chi connectivity index (χ3n) is 1.29. The van der Waals surface area contributed by atoms with Gasteiger partial charge in [-0.15, -0.1) is 0 Å². The number of hydrogen-bond acceptors (Lipinski definition) is 3. The molecule has 0 amide bonds. The first kappa shape index (κ1) is 8.04. The summed E-state index contributed by atoms with van der Waals surface area (Å²) in [6, 6.07) is 0. The molecule has 5 heteroatoms. The number of imidazole rings is 1. The molecule has 0 aliphatic carbocycles. The normalized spacial score (nSPS) is 10.8. The van der Waals surface area contributed by atoms with Crippen LogP contribution < -0.4 is 0 Å². The Morgan fingerprint density at radius 2 is 2.36 bits per heavy atom. The van der Waals surface area contributed by atoms with E-state index >= 15 is 0 Å². The van der Waals surface area contributed by atoms with Crippen LogP contribution in [0.1, 0.15) is 5.69 Å². The van der Waals surface area contributed by atoms with Crippen LogP contribution in [-0.4, -0.2) is 26.7 Å². The van der Waals surface area contributed by atoms with Gasteiger partial charge in [-0.3, -0.25) is 0 Å². The van der Waals surface area contributed by atoms with Crippen molar-refractivity contribution >= 4 is 13.2 Å². The lowest BCUT2D eigenvalue weighted by atomic mass is 9.91. The van der Waals surface area contributed by atoms with Crippen LogP contribution in [0.3, 0.4) is 0 Å². The highest BCUT2D eigenvalue weighted by Gasteiger charge is 1.99. The van der Waals surface area contributed by atoms with Gasteiger partial charge in [-0.05, 0) is 6.08 Å². The molecule has 0 aromatic carbocycles. The minimum absolute atomic E-state index is 0.832. The van der Waals surface area contributed by atoms with Crippen molar-refractivity contribution in [2.75, 3.05) is 0 Å². The van der Waals surface area contributed by atoms with Gasteiger partial charge in [0, 0.05) is 7.05 Å². The summed E-state index contributed by atoms with van der Waals surface area (Å²) in [6.07, 6.45) is 4.87. The van der Waals surface area contributed by atoms with Gasteiger partial charge in [0.05, 0.1) is 18.2 Å². The highest BCUT2D eigenvalue weighted by Crippen LogP contribution is 1.98. The van der Waals surface area contributed by atoms with Gasteiger partial charge < -0.3 is 14.6 Å². The molecule has 0 bridgehead atoms. The molecule has 58 valence electrons. The van der Waals surface area contributed by atoms with E-state index in [1.807, 2.05) is 7.05 Å². The summed E-state index contributed by atoms with van der Waals surface area (Å²) in [4.78, 5) is 3.85. The third-order valence-corrected chi connectivity index (χ3v) is 1.29. The summed E-state index contributed by atoms with van der Waals surface area (Å²) >= 11 is 0. The Morgan fingerprint density at radius 1 is 1.64 bits per heavy atom. The quantitative estimate of drug-likeness (QED) is 0.558. The maximum absolute atomic E-state index is 8.48. The topological polar surface area (TPSA) is 58.3 Å². The molecule has 1 aromatic rings. The van der Waals surface area contributed by atoms with E-state index in [4.69, 9.17) is 10.0 Å². The summed E-state index contributed by atoms with van der Waals surface area (Å²) in [6.45, 7) is 0. The van der Waals surface area contributed by atoms with E-state index in [0.29, 0.717) is 0 Å². The number of rotatable bonds is 2. The van der Waals surface area contributed by atoms with Crippen molar-refractivity contribution in [2.24, 2.45) is 7.05 Å². The molecule has 2 N–H and O–H groups in total. The first-order chi connectivity index (χ1) is 5.20. The van der Waals surface area contributed by atoms with Crippen molar-refractivity contribution in [3.63, 3.8) is 0 Å². The van der Waals surface area contributed by atoms with Gasteiger partial charge in [0.25, 0.3) is 0 Å². The Kier molecular flexibility index (Phi) is 2.46. The van der Waals surface area contributed by atoms with Crippen molar-refractivity contribution in [3.8, 4) is 0 Å². The monoisotopic (exact) mass is 152 g/mol. The number of aromatic nitrogens is 2. The van der Waals surface area contributed by atoms with Crippen LogP contribution >= 0.6 is 0 Å². The van der Waals surface area contributed by atoms with Crippen LogP contribution in [0.5, 0.6) is 0 Å². The summed E-state index contributed by atoms with van der Waals surface area (Å²) in [5, 5.41) is 17.0. The molecule has 0 unspecified atom stereocenters. The van der Waals surface area contributed by atoms with Crippen molar-refractivity contribution in [3.05, 3.63) is 24.2 Å². The Bertz CT molecular complexity index is 257. The summed E-state index contributed by atoms with van der Waals surface area (Å²) in [7, 11) is 0.432. The second kappa shape index (κ2) is 3.36. The summed E-state index contributed by atoms with van der Waals surface area (Å²) in [5.74, 6) is 1.27. The van der Waals surface area contributed by atoms with Gasteiger partial charge in [-0.1, -0.05) is 5.98 Å². The van der Waals surface area contributed by atoms with Crippen LogP contribution in [0.4, 0.5) is 0 Å². The van der Waals surface area contributed by atoms with E-state index in [1.165, 1.54) is 5.98 Å². The summed E-state index contributed by atoms with van der Waals surface area (Å²) in [5.41, 5.74) is 0.832. The molecule has 0 aliphatic heterocycles. The maximum Gasteiger partial charge on any atom is 0.480 e. The van der Waals surface area contributed by atoms with E-state index in [9.17, 15) is 0 Å². The Labute approximate surface area is 65.0 Å². The van der Waals surface area contributed by atoms with Crippen LogP contribution in [0.2, 0.25) is 0 Å². The molecular formula is C6H9BN2O2. The second-order valence-electron chi connectivity index (χ2n) is 2.20. The van der Waals surface area contributed by atoms with Gasteiger partial charge in [0.2, 0.25) is 0 Å². The van der Waals surface area contributed by atoms with Crippen molar-refractivity contribution in [1.82, 2.24) is 9.55 Å². The Morgan fingerprint density at radius 3 is 2.82 bits per heavy atom. The molecule has 0 aliphatic rings. The molecule has 1 aromatic heterocycles. The molecule has 1 heterocycles. The van der Waals surface area contributed by atoms with Gasteiger partial charge in [0.1, 0.15) is 0 Å². The van der Waals surface area contributed by atoms with Crippen LogP contribution in [0, 0.1) is 0 Å². The lowest BCUT2D eigenvalue weighted by molar-refractivity contribution is 0.424. The Balaban J connectivity index is 2.71. The number of hydrogen-bond donors (Lipinski definition) is 2. The van der Waals surface area contributed by atoms with E-state index in [-0.39, 0.29) is 0 Å². The van der Waals surface area contributed by atoms with Gasteiger partial charge >= 0.3 is 7.12 Å². The first-order valence-electron chi connectivity index (χ1n) is 3.21. The minimum Gasteiger partial charge on any atom is -0.424 e. The predicted molar refractivity (Wildman–Crippen MR) is 42.4 cm³/mol. The molecule has 0 saturated carbocycles. The first-order valence-corrected chi connectivity index (χ1v) is 3.21. The fourth-order valence-electron chi connectivity index (χ4n) is 0.713. The largest absolute Gasteiger partial charge is 0.480 e. The van der Waals surface area contributed by atoms with E-state index < -0.39 is 7.12 Å². The lowest BCUT2D eigenvalue weighted by Crippen LogP contribution is -2.05. The highest BCUT2D eigenvalue weighted by atomic mass is 16.4. The SMILES string of the molecule is Cn1cncc1/C=C/B(O)O. The zero-order valence-electron chi connectivity index (χ0n) is 6.18. The van der Waals surface area contributed by atoms with E-state index in [0.717, 1.165) is 5.69 Å². The molecule has 0 atom stereocenters. The van der Waals surface area contributed by atoms with E-state index in [2.05, 4.69) is 4.98 Å². The fraction of sp³-hybridized carbons (Fsp3) is 0.167. The molecule has 11 heavy (non-hydrogen) atoms. The molecule has 0 spiro atoms. The zero-order chi connectivity index (χ0) is 8.27. The average Bonchev–Trinajstić information content (AvgIpc) is 2.31. The van der Waals surface area contributed by atoms with Gasteiger partial charge in [-0.25, -0.2) is 4.98 Å². The van der Waals surface area contributed by atoms with Crippen molar-refractivity contribution in [1.29, 1.82) is 0 Å². The lowest BCUT2D eigenvalue weighted by Gasteiger charge is -1.92. The summed E-state index contributed by atoms with van der Waals surface area (Å²) < 4.78 is 1.78. The smallest absolute Gasteiger partial charge is 0.424 e. The van der Waals surface area contributed by atoms with Crippen LogP contribution in [-0.2, 0) is 7.05 Å². The van der Waals surface area contributed by atoms with Gasteiger partial charge in [-0.2, -0.15) is 0 Å². The molecule has 0 saturated heterocycles. The predicted octanol–water partition coefficient (Wildman–Crippen LogP) is -0.555. The fourth-order valence-corrected chi connectivity index (χ4v) is 0.713. The number of nitrogens with zero attached hydrogens (tertiary/aromatic N) is 2. The number of aryl methyl sites for hydroxylation is 1. The molecule has 1 rings (SSSR count). The highest BCUT2D eigenvalue weighted by molar-refractivity contribution is 6.48. The van der Waals surface area contributed by atoms with Crippen LogP contribution in [0.25, 0.3) is 6.08 Å². The van der Waals surface area contributed by atoms with Crippen LogP contribution in [0.15, 0.2) is 18.5 Å². The van der Waals surface area contributed by atoms with Gasteiger partial charge in [0.15, 0.2) is 0 Å². The van der Waals surface area contributed by atoms with Crippen molar-refractivity contribution < 1.29 is 10.0 Å². The molecular weight excluding hydrogens is 143 g/mol. The molecule has 0 radical (unpaired) electrons. The van der Waals surface area contributed by atoms with E-state index in [1.54, 1.807) is 23.2 Å². The maximum atomic E-state index is 8.48. The average molecular weight is 152 g/mol. The zero-order valence-corrected chi connectivity index (χ0v) is 6.18. The standard InChI is InChI=1S/C6H9BN2O2/c1-9-5-8-4-6(9)2-3-7(10)11/h2-5,10-11H,1H3/b3-2+.